The minimum atomic E-state index is 0.937. The second-order valence-corrected chi connectivity index (χ2v) is 8.17. The Balaban J connectivity index is 1.72. The number of rotatable bonds is 3. The van der Waals surface area contributed by atoms with Crippen LogP contribution in [0, 0.1) is 0 Å². The summed E-state index contributed by atoms with van der Waals surface area (Å²) in [6, 6.07) is 17.3. The van der Waals surface area contributed by atoms with Gasteiger partial charge in [-0.2, -0.15) is 0 Å². The van der Waals surface area contributed by atoms with E-state index in [4.69, 9.17) is 4.74 Å². The third-order valence-corrected chi connectivity index (χ3v) is 6.27. The average molecular weight is 402 g/mol. The van der Waals surface area contributed by atoms with Gasteiger partial charge in [-0.1, -0.05) is 66.8 Å². The Kier molecular flexibility index (Phi) is 4.42. The number of aromatic nitrogens is 1. The molecule has 0 saturated heterocycles. The molecule has 4 aromatic rings. The van der Waals surface area contributed by atoms with E-state index in [1.807, 2.05) is 12.4 Å². The highest BCUT2D eigenvalue weighted by Gasteiger charge is 2.18. The molecule has 3 aromatic carbocycles. The average Bonchev–Trinajstić information content (AvgIpc) is 2.84. The maximum atomic E-state index is 6.58. The Morgan fingerprint density at radius 1 is 0.774 bits per heavy atom. The van der Waals surface area contributed by atoms with Gasteiger partial charge in [-0.05, 0) is 58.5 Å². The second kappa shape index (κ2) is 7.55. The van der Waals surface area contributed by atoms with Crippen molar-refractivity contribution in [2.24, 2.45) is 0 Å². The van der Waals surface area contributed by atoms with E-state index >= 15 is 0 Å². The summed E-state index contributed by atoms with van der Waals surface area (Å²) in [7, 11) is 0. The molecule has 1 heterocycles. The zero-order valence-corrected chi connectivity index (χ0v) is 17.3. The standard InChI is InChI=1S/C29H23NO/c1-2-11-21(12-3-1)31-29-25-15-7-6-14-24(25)28(27-19-30-18-17-26(27)29)23-16-8-10-20-9-4-5-13-22(20)23/h1-2,4-5,8-11,13-19H,3,6-7,12H2. The van der Waals surface area contributed by atoms with Gasteiger partial charge in [0.2, 0.25) is 0 Å². The van der Waals surface area contributed by atoms with E-state index in [-0.39, 0.29) is 0 Å². The van der Waals surface area contributed by atoms with Gasteiger partial charge in [0, 0.05) is 34.8 Å². The van der Waals surface area contributed by atoms with Crippen LogP contribution < -0.4 is 15.2 Å². The van der Waals surface area contributed by atoms with Crippen molar-refractivity contribution >= 4 is 33.7 Å². The molecule has 2 heteroatoms. The lowest BCUT2D eigenvalue weighted by Crippen LogP contribution is -2.31. The van der Waals surface area contributed by atoms with Crippen LogP contribution in [0.3, 0.4) is 0 Å². The molecule has 150 valence electrons. The molecule has 0 saturated carbocycles. The number of pyridine rings is 1. The topological polar surface area (TPSA) is 22.1 Å². The van der Waals surface area contributed by atoms with Gasteiger partial charge >= 0.3 is 0 Å². The summed E-state index contributed by atoms with van der Waals surface area (Å²) >= 11 is 0. The molecular weight excluding hydrogens is 378 g/mol. The number of ether oxygens (including phenoxy) is 1. The Morgan fingerprint density at radius 3 is 2.55 bits per heavy atom. The van der Waals surface area contributed by atoms with Crippen molar-refractivity contribution in [2.45, 2.75) is 25.7 Å². The van der Waals surface area contributed by atoms with Gasteiger partial charge < -0.3 is 4.74 Å². The van der Waals surface area contributed by atoms with Crippen molar-refractivity contribution in [2.75, 3.05) is 0 Å². The van der Waals surface area contributed by atoms with Crippen molar-refractivity contribution in [3.8, 4) is 16.9 Å². The van der Waals surface area contributed by atoms with Crippen LogP contribution in [0.4, 0.5) is 0 Å². The molecule has 1 aromatic heterocycles. The number of hydrogen-bond acceptors (Lipinski definition) is 2. The fraction of sp³-hybridized carbons (Fsp3) is 0.138. The van der Waals surface area contributed by atoms with Gasteiger partial charge in [0.15, 0.2) is 0 Å². The molecule has 2 aliphatic rings. The fourth-order valence-corrected chi connectivity index (χ4v) is 4.85. The zero-order valence-electron chi connectivity index (χ0n) is 17.3. The monoisotopic (exact) mass is 401 g/mol. The van der Waals surface area contributed by atoms with E-state index in [0.29, 0.717) is 0 Å². The summed E-state index contributed by atoms with van der Waals surface area (Å²) in [5, 5.41) is 7.27. The SMILES string of the molecule is C1=CCCC(Oc2c3c(c(-c4cccc5ccccc45)c4cnccc24)=CCCC=3)=C1. The summed E-state index contributed by atoms with van der Waals surface area (Å²) in [5.41, 5.74) is 2.51. The number of allylic oxidation sites excluding steroid dienone is 4. The third-order valence-electron chi connectivity index (χ3n) is 6.27. The van der Waals surface area contributed by atoms with Crippen molar-refractivity contribution < 1.29 is 4.74 Å². The minimum Gasteiger partial charge on any atom is -0.460 e. The van der Waals surface area contributed by atoms with Crippen LogP contribution in [-0.4, -0.2) is 4.98 Å². The summed E-state index contributed by atoms with van der Waals surface area (Å²) < 4.78 is 6.58. The van der Waals surface area contributed by atoms with Gasteiger partial charge in [0.1, 0.15) is 11.5 Å². The summed E-state index contributed by atoms with van der Waals surface area (Å²) in [6.45, 7) is 0. The van der Waals surface area contributed by atoms with E-state index in [0.717, 1.165) is 48.0 Å². The van der Waals surface area contributed by atoms with Gasteiger partial charge in [0.05, 0.1) is 0 Å². The molecule has 0 aliphatic heterocycles. The van der Waals surface area contributed by atoms with Gasteiger partial charge in [-0.25, -0.2) is 0 Å². The molecule has 0 radical (unpaired) electrons. The minimum absolute atomic E-state index is 0.937. The highest BCUT2D eigenvalue weighted by molar-refractivity contribution is 6.07. The van der Waals surface area contributed by atoms with Crippen LogP contribution in [0.1, 0.15) is 25.7 Å². The molecule has 0 bridgehead atoms. The van der Waals surface area contributed by atoms with Crippen LogP contribution in [-0.2, 0) is 0 Å². The Labute approximate surface area is 181 Å². The molecule has 0 atom stereocenters. The first-order valence-electron chi connectivity index (χ1n) is 11.0. The number of nitrogens with zero attached hydrogens (tertiary/aromatic N) is 1. The van der Waals surface area contributed by atoms with Gasteiger partial charge in [-0.15, -0.1) is 0 Å². The molecule has 0 N–H and O–H groups in total. The first kappa shape index (κ1) is 18.1. The molecule has 0 spiro atoms. The van der Waals surface area contributed by atoms with Crippen LogP contribution >= 0.6 is 0 Å². The Bertz CT molecular complexity index is 1500. The normalized spacial score (nSPS) is 15.2. The summed E-state index contributed by atoms with van der Waals surface area (Å²) in [5.74, 6) is 1.99. The first-order chi connectivity index (χ1) is 15.4. The maximum absolute atomic E-state index is 6.58. The summed E-state index contributed by atoms with van der Waals surface area (Å²) in [4.78, 5) is 4.51. The third kappa shape index (κ3) is 3.07. The lowest BCUT2D eigenvalue weighted by Gasteiger charge is -2.19. The lowest BCUT2D eigenvalue weighted by molar-refractivity contribution is 0.403. The highest BCUT2D eigenvalue weighted by Crippen LogP contribution is 2.34. The quantitative estimate of drug-likeness (QED) is 0.419. The van der Waals surface area contributed by atoms with Crippen LogP contribution in [0.5, 0.6) is 5.75 Å². The highest BCUT2D eigenvalue weighted by atomic mass is 16.5. The molecule has 31 heavy (non-hydrogen) atoms. The molecule has 0 amide bonds. The predicted octanol–water partition coefficient (Wildman–Crippen LogP) is 6.02. The van der Waals surface area contributed by atoms with Gasteiger partial charge in [0.25, 0.3) is 0 Å². The molecule has 0 unspecified atom stereocenters. The first-order valence-corrected chi connectivity index (χ1v) is 11.0. The van der Waals surface area contributed by atoms with E-state index in [1.54, 1.807) is 0 Å². The van der Waals surface area contributed by atoms with Crippen molar-refractivity contribution in [1.82, 2.24) is 4.98 Å². The molecule has 0 fully saturated rings. The lowest BCUT2D eigenvalue weighted by atomic mass is 9.89. The molecule has 2 nitrogen and oxygen atoms in total. The number of hydrogen-bond donors (Lipinski definition) is 0. The van der Waals surface area contributed by atoms with Crippen LogP contribution in [0.15, 0.2) is 84.9 Å². The predicted molar refractivity (Wildman–Crippen MR) is 129 cm³/mol. The largest absolute Gasteiger partial charge is 0.460 e. The molecule has 2 aliphatic carbocycles. The molecule has 6 rings (SSSR count). The zero-order chi connectivity index (χ0) is 20.6. The smallest absolute Gasteiger partial charge is 0.142 e. The maximum Gasteiger partial charge on any atom is 0.142 e. The number of benzene rings is 3. The Morgan fingerprint density at radius 2 is 1.65 bits per heavy atom. The van der Waals surface area contributed by atoms with E-state index in [2.05, 4.69) is 83.9 Å². The second-order valence-electron chi connectivity index (χ2n) is 8.17. The van der Waals surface area contributed by atoms with Gasteiger partial charge in [-0.3, -0.25) is 4.98 Å². The van der Waals surface area contributed by atoms with E-state index < -0.39 is 0 Å². The van der Waals surface area contributed by atoms with Crippen molar-refractivity contribution in [1.29, 1.82) is 0 Å². The van der Waals surface area contributed by atoms with Crippen molar-refractivity contribution in [3.63, 3.8) is 0 Å². The van der Waals surface area contributed by atoms with E-state index in [9.17, 15) is 0 Å². The molecular formula is C29H23NO. The number of fused-ring (bicyclic) bond motifs is 3. The summed E-state index contributed by atoms with van der Waals surface area (Å²) in [6.07, 6.45) is 19.0. The van der Waals surface area contributed by atoms with Crippen LogP contribution in [0.2, 0.25) is 0 Å². The van der Waals surface area contributed by atoms with E-state index in [1.165, 1.54) is 32.3 Å². The van der Waals surface area contributed by atoms with Crippen molar-refractivity contribution in [3.05, 3.63) is 95.3 Å². The Hall–Kier alpha value is -3.65. The fourth-order valence-electron chi connectivity index (χ4n) is 4.85. The van der Waals surface area contributed by atoms with Crippen LogP contribution in [0.25, 0.3) is 44.8 Å².